The van der Waals surface area contributed by atoms with Crippen LogP contribution in [0.15, 0.2) is 12.1 Å². The van der Waals surface area contributed by atoms with Crippen molar-refractivity contribution in [3.05, 3.63) is 22.7 Å². The molecule has 1 N–H and O–H groups in total. The molecule has 1 atom stereocenters. The molecule has 1 saturated heterocycles. The van der Waals surface area contributed by atoms with E-state index in [9.17, 15) is 5.11 Å². The first-order chi connectivity index (χ1) is 9.78. The van der Waals surface area contributed by atoms with E-state index in [0.717, 1.165) is 43.7 Å². The van der Waals surface area contributed by atoms with Gasteiger partial charge in [0.25, 0.3) is 0 Å². The van der Waals surface area contributed by atoms with Crippen LogP contribution in [0.2, 0.25) is 5.02 Å². The van der Waals surface area contributed by atoms with E-state index in [0.29, 0.717) is 24.0 Å². The summed E-state index contributed by atoms with van der Waals surface area (Å²) in [5.41, 5.74) is 1.11. The van der Waals surface area contributed by atoms with Crippen molar-refractivity contribution in [1.82, 2.24) is 4.90 Å². The largest absolute Gasteiger partial charge is 0.489 e. The first-order valence-electron chi connectivity index (χ1n) is 7.21. The van der Waals surface area contributed by atoms with Crippen LogP contribution in [0, 0.1) is 0 Å². The van der Waals surface area contributed by atoms with Crippen LogP contribution in [-0.2, 0) is 6.54 Å². The lowest BCUT2D eigenvalue weighted by molar-refractivity contribution is 0.153. The normalized spacial score (nSPS) is 22.8. The molecule has 5 heteroatoms. The fourth-order valence-corrected chi connectivity index (χ4v) is 3.21. The van der Waals surface area contributed by atoms with Crippen molar-refractivity contribution in [3.63, 3.8) is 0 Å². The second-order valence-electron chi connectivity index (χ2n) is 5.40. The van der Waals surface area contributed by atoms with Gasteiger partial charge in [0.2, 0.25) is 0 Å². The van der Waals surface area contributed by atoms with Gasteiger partial charge in [0, 0.05) is 19.0 Å². The van der Waals surface area contributed by atoms with Crippen LogP contribution in [0.3, 0.4) is 0 Å². The first kappa shape index (κ1) is 14.0. The predicted molar refractivity (Wildman–Crippen MR) is 77.6 cm³/mol. The average molecular weight is 298 g/mol. The second-order valence-corrected chi connectivity index (χ2v) is 5.81. The molecule has 0 bridgehead atoms. The molecule has 3 rings (SSSR count). The smallest absolute Gasteiger partial charge is 0.179 e. The van der Waals surface area contributed by atoms with Crippen molar-refractivity contribution < 1.29 is 14.6 Å². The van der Waals surface area contributed by atoms with Gasteiger partial charge >= 0.3 is 0 Å². The van der Waals surface area contributed by atoms with E-state index in [1.165, 1.54) is 0 Å². The molecule has 1 aromatic carbocycles. The Bertz CT molecular complexity index is 480. The van der Waals surface area contributed by atoms with Gasteiger partial charge in [-0.3, -0.25) is 4.90 Å². The minimum absolute atomic E-state index is 0.221. The lowest BCUT2D eigenvalue weighted by atomic mass is 10.1. The molecular formula is C15H20ClNO3. The Hall–Kier alpha value is -0.970. The molecule has 1 fully saturated rings. The number of aliphatic hydroxyl groups is 1. The Kier molecular flexibility index (Phi) is 4.34. The van der Waals surface area contributed by atoms with E-state index in [-0.39, 0.29) is 12.6 Å². The number of hydrogen-bond acceptors (Lipinski definition) is 4. The quantitative estimate of drug-likeness (QED) is 0.930. The van der Waals surface area contributed by atoms with Gasteiger partial charge in [-0.25, -0.2) is 0 Å². The summed E-state index contributed by atoms with van der Waals surface area (Å²) < 4.78 is 11.3. The minimum Gasteiger partial charge on any atom is -0.489 e. The van der Waals surface area contributed by atoms with Gasteiger partial charge < -0.3 is 14.6 Å². The molecular weight excluding hydrogens is 278 g/mol. The van der Waals surface area contributed by atoms with E-state index in [4.69, 9.17) is 21.1 Å². The van der Waals surface area contributed by atoms with Crippen molar-refractivity contribution in [2.75, 3.05) is 26.4 Å². The van der Waals surface area contributed by atoms with Crippen LogP contribution >= 0.6 is 11.6 Å². The van der Waals surface area contributed by atoms with Gasteiger partial charge in [0.15, 0.2) is 11.5 Å². The molecule has 20 heavy (non-hydrogen) atoms. The highest BCUT2D eigenvalue weighted by molar-refractivity contribution is 6.32. The average Bonchev–Trinajstić information content (AvgIpc) is 2.74. The van der Waals surface area contributed by atoms with E-state index in [1.54, 1.807) is 0 Å². The Morgan fingerprint density at radius 2 is 2.10 bits per heavy atom. The molecule has 1 aromatic rings. The maximum absolute atomic E-state index is 9.39. The van der Waals surface area contributed by atoms with E-state index < -0.39 is 0 Å². The van der Waals surface area contributed by atoms with Crippen LogP contribution < -0.4 is 9.47 Å². The summed E-state index contributed by atoms with van der Waals surface area (Å²) in [5.74, 6) is 1.40. The van der Waals surface area contributed by atoms with Gasteiger partial charge in [-0.05, 0) is 37.1 Å². The molecule has 0 spiro atoms. The summed E-state index contributed by atoms with van der Waals surface area (Å²) in [6.45, 7) is 3.34. The number of rotatable bonds is 3. The third kappa shape index (κ3) is 2.87. The first-order valence-corrected chi connectivity index (χ1v) is 7.58. The van der Waals surface area contributed by atoms with Crippen molar-refractivity contribution in [1.29, 1.82) is 0 Å². The Balaban J connectivity index is 1.80. The summed E-state index contributed by atoms with van der Waals surface area (Å²) in [5, 5.41) is 10.00. The van der Waals surface area contributed by atoms with Crippen LogP contribution in [0.5, 0.6) is 11.5 Å². The van der Waals surface area contributed by atoms with Crippen molar-refractivity contribution in [2.45, 2.75) is 31.8 Å². The molecule has 2 heterocycles. The number of hydrogen-bond donors (Lipinski definition) is 1. The van der Waals surface area contributed by atoms with Crippen LogP contribution in [0.4, 0.5) is 0 Å². The fraction of sp³-hybridized carbons (Fsp3) is 0.600. The third-order valence-corrected chi connectivity index (χ3v) is 4.24. The van der Waals surface area contributed by atoms with Crippen LogP contribution in [0.1, 0.15) is 24.8 Å². The molecule has 4 nitrogen and oxygen atoms in total. The second kappa shape index (κ2) is 6.20. The number of aliphatic hydroxyl groups excluding tert-OH is 1. The standard InChI is InChI=1S/C15H20ClNO3/c16-13-7-11(9-17-4-1-3-12(17)10-18)8-14-15(13)20-6-2-5-19-14/h7-8,12,18H,1-6,9-10H2. The van der Waals surface area contributed by atoms with E-state index in [2.05, 4.69) is 4.90 Å². The zero-order valence-electron chi connectivity index (χ0n) is 11.5. The highest BCUT2D eigenvalue weighted by Crippen LogP contribution is 2.38. The molecule has 1 unspecified atom stereocenters. The number of nitrogens with zero attached hydrogens (tertiary/aromatic N) is 1. The monoisotopic (exact) mass is 297 g/mol. The molecule has 0 aromatic heterocycles. The highest BCUT2D eigenvalue weighted by Gasteiger charge is 2.24. The SMILES string of the molecule is OCC1CCCN1Cc1cc(Cl)c2c(c1)OCCCO2. The molecule has 2 aliphatic rings. The molecule has 0 radical (unpaired) electrons. The third-order valence-electron chi connectivity index (χ3n) is 3.96. The summed E-state index contributed by atoms with van der Waals surface area (Å²) in [7, 11) is 0. The van der Waals surface area contributed by atoms with E-state index in [1.807, 2.05) is 12.1 Å². The Labute approximate surface area is 124 Å². The molecule has 110 valence electrons. The van der Waals surface area contributed by atoms with Crippen molar-refractivity contribution in [3.8, 4) is 11.5 Å². The summed E-state index contributed by atoms with van der Waals surface area (Å²) in [4.78, 5) is 2.30. The number of likely N-dealkylation sites (tertiary alicyclic amines) is 1. The zero-order valence-corrected chi connectivity index (χ0v) is 12.2. The maximum Gasteiger partial charge on any atom is 0.179 e. The van der Waals surface area contributed by atoms with Crippen molar-refractivity contribution in [2.24, 2.45) is 0 Å². The highest BCUT2D eigenvalue weighted by atomic mass is 35.5. The predicted octanol–water partition coefficient (Wildman–Crippen LogP) is 2.46. The molecule has 2 aliphatic heterocycles. The lowest BCUT2D eigenvalue weighted by Gasteiger charge is -2.23. The molecule has 0 aliphatic carbocycles. The Morgan fingerprint density at radius 3 is 2.95 bits per heavy atom. The topological polar surface area (TPSA) is 41.9 Å². The number of benzene rings is 1. The van der Waals surface area contributed by atoms with Crippen LogP contribution in [0.25, 0.3) is 0 Å². The van der Waals surface area contributed by atoms with Gasteiger partial charge in [-0.2, -0.15) is 0 Å². The summed E-state index contributed by atoms with van der Waals surface area (Å²) in [6, 6.07) is 4.23. The zero-order chi connectivity index (χ0) is 13.9. The summed E-state index contributed by atoms with van der Waals surface area (Å²) >= 11 is 6.30. The molecule has 0 saturated carbocycles. The molecule has 0 amide bonds. The van der Waals surface area contributed by atoms with Gasteiger partial charge in [-0.1, -0.05) is 11.6 Å². The van der Waals surface area contributed by atoms with Gasteiger partial charge in [-0.15, -0.1) is 0 Å². The number of ether oxygens (including phenoxy) is 2. The van der Waals surface area contributed by atoms with Crippen LogP contribution in [-0.4, -0.2) is 42.4 Å². The van der Waals surface area contributed by atoms with Gasteiger partial charge in [0.1, 0.15) is 0 Å². The van der Waals surface area contributed by atoms with Gasteiger partial charge in [0.05, 0.1) is 24.8 Å². The minimum atomic E-state index is 0.221. The van der Waals surface area contributed by atoms with Crippen molar-refractivity contribution >= 4 is 11.6 Å². The lowest BCUT2D eigenvalue weighted by Crippen LogP contribution is -2.31. The maximum atomic E-state index is 9.39. The summed E-state index contributed by atoms with van der Waals surface area (Å²) in [6.07, 6.45) is 3.08. The Morgan fingerprint density at radius 1 is 1.25 bits per heavy atom. The fourth-order valence-electron chi connectivity index (χ4n) is 2.92. The number of fused-ring (bicyclic) bond motifs is 1. The van der Waals surface area contributed by atoms with E-state index >= 15 is 0 Å². The number of halogens is 1.